The molecule has 1 fully saturated rings. The molecule has 2 nitrogen and oxygen atoms in total. The van der Waals surface area contributed by atoms with Crippen molar-refractivity contribution < 1.29 is 4.74 Å². The first-order chi connectivity index (χ1) is 9.45. The minimum atomic E-state index is 0.214. The van der Waals surface area contributed by atoms with Crippen LogP contribution in [0.15, 0.2) is 24.3 Å². The number of nitrogens with one attached hydrogen (secondary N) is 1. The summed E-state index contributed by atoms with van der Waals surface area (Å²) in [6.07, 6.45) is 2.62. The number of benzene rings is 1. The van der Waals surface area contributed by atoms with Crippen molar-refractivity contribution in [3.05, 3.63) is 29.8 Å². The van der Waals surface area contributed by atoms with Gasteiger partial charge in [-0.1, -0.05) is 46.8 Å². The van der Waals surface area contributed by atoms with Gasteiger partial charge in [0, 0.05) is 17.9 Å². The fourth-order valence-corrected chi connectivity index (χ4v) is 2.85. The summed E-state index contributed by atoms with van der Waals surface area (Å²) in [6, 6.07) is 9.16. The molecule has 2 atom stereocenters. The van der Waals surface area contributed by atoms with E-state index in [0.717, 1.165) is 18.7 Å². The van der Waals surface area contributed by atoms with Gasteiger partial charge in [-0.25, -0.2) is 0 Å². The number of rotatable bonds is 6. The van der Waals surface area contributed by atoms with Crippen molar-refractivity contribution in [2.75, 3.05) is 6.54 Å². The van der Waals surface area contributed by atoms with Gasteiger partial charge in [-0.2, -0.15) is 0 Å². The van der Waals surface area contributed by atoms with E-state index in [9.17, 15) is 0 Å². The average Bonchev–Trinajstić information content (AvgIpc) is 2.42. The van der Waals surface area contributed by atoms with Gasteiger partial charge in [0.05, 0.1) is 0 Å². The van der Waals surface area contributed by atoms with Gasteiger partial charge in [-0.3, -0.25) is 0 Å². The Morgan fingerprint density at radius 3 is 2.40 bits per heavy atom. The molecule has 0 aromatic heterocycles. The lowest BCUT2D eigenvalue weighted by Gasteiger charge is -2.51. The van der Waals surface area contributed by atoms with Gasteiger partial charge in [0.2, 0.25) is 0 Å². The van der Waals surface area contributed by atoms with Crippen LogP contribution in [-0.2, 0) is 0 Å². The van der Waals surface area contributed by atoms with Crippen LogP contribution in [0.25, 0.3) is 0 Å². The molecule has 0 aliphatic heterocycles. The van der Waals surface area contributed by atoms with Crippen molar-refractivity contribution in [2.45, 2.75) is 65.5 Å². The zero-order valence-electron chi connectivity index (χ0n) is 13.6. The summed E-state index contributed by atoms with van der Waals surface area (Å²) in [5.41, 5.74) is 1.58. The largest absolute Gasteiger partial charge is 0.490 e. The number of hydrogen-bond acceptors (Lipinski definition) is 2. The van der Waals surface area contributed by atoms with Gasteiger partial charge in [-0.15, -0.1) is 0 Å². The Bertz CT molecular complexity index is 422. The second-order valence-corrected chi connectivity index (χ2v) is 6.89. The first-order valence-corrected chi connectivity index (χ1v) is 7.95. The Kier molecular flexibility index (Phi) is 4.74. The summed E-state index contributed by atoms with van der Waals surface area (Å²) >= 11 is 0. The SMILES string of the molecule is CCCNC1CC(Oc2ccc(C(C)C)cc2)C1(C)C. The predicted molar refractivity (Wildman–Crippen MR) is 85.4 cm³/mol. The summed E-state index contributed by atoms with van der Waals surface area (Å²) in [5.74, 6) is 1.58. The molecule has 0 saturated heterocycles. The standard InChI is InChI=1S/C18H29NO/c1-6-11-19-16-12-17(18(16,4)5)20-15-9-7-14(8-10-15)13(2)3/h7-10,13,16-17,19H,6,11-12H2,1-5H3. The Balaban J connectivity index is 1.91. The van der Waals surface area contributed by atoms with Gasteiger partial charge in [0.1, 0.15) is 11.9 Å². The number of hydrogen-bond donors (Lipinski definition) is 1. The molecule has 1 saturated carbocycles. The van der Waals surface area contributed by atoms with Gasteiger partial charge < -0.3 is 10.1 Å². The first kappa shape index (κ1) is 15.4. The van der Waals surface area contributed by atoms with E-state index < -0.39 is 0 Å². The van der Waals surface area contributed by atoms with E-state index in [-0.39, 0.29) is 5.41 Å². The van der Waals surface area contributed by atoms with Crippen LogP contribution in [0.3, 0.4) is 0 Å². The zero-order chi connectivity index (χ0) is 14.8. The minimum absolute atomic E-state index is 0.214. The van der Waals surface area contributed by atoms with E-state index in [1.54, 1.807) is 0 Å². The molecule has 2 rings (SSSR count). The molecule has 20 heavy (non-hydrogen) atoms. The lowest BCUT2D eigenvalue weighted by molar-refractivity contribution is -0.0546. The topological polar surface area (TPSA) is 21.3 Å². The maximum absolute atomic E-state index is 6.17. The Hall–Kier alpha value is -1.02. The highest BCUT2D eigenvalue weighted by Gasteiger charge is 2.49. The summed E-state index contributed by atoms with van der Waals surface area (Å²) in [5, 5.41) is 3.62. The molecule has 2 heteroatoms. The van der Waals surface area contributed by atoms with Crippen molar-refractivity contribution >= 4 is 0 Å². The van der Waals surface area contributed by atoms with Gasteiger partial charge in [0.15, 0.2) is 0 Å². The molecule has 2 unspecified atom stereocenters. The molecular formula is C18H29NO. The highest BCUT2D eigenvalue weighted by atomic mass is 16.5. The van der Waals surface area contributed by atoms with Gasteiger partial charge >= 0.3 is 0 Å². The molecule has 1 aliphatic carbocycles. The lowest BCUT2D eigenvalue weighted by Crippen LogP contribution is -2.62. The molecule has 0 spiro atoms. The van der Waals surface area contributed by atoms with Crippen molar-refractivity contribution in [1.29, 1.82) is 0 Å². The van der Waals surface area contributed by atoms with E-state index in [1.807, 2.05) is 0 Å². The number of ether oxygens (including phenoxy) is 1. The third-order valence-electron chi connectivity index (χ3n) is 4.64. The molecule has 1 N–H and O–H groups in total. The van der Waals surface area contributed by atoms with Crippen LogP contribution in [0.2, 0.25) is 0 Å². The van der Waals surface area contributed by atoms with Crippen molar-refractivity contribution in [1.82, 2.24) is 5.32 Å². The highest BCUT2D eigenvalue weighted by molar-refractivity contribution is 5.29. The smallest absolute Gasteiger partial charge is 0.119 e. The summed E-state index contributed by atoms with van der Waals surface area (Å²) < 4.78 is 6.17. The van der Waals surface area contributed by atoms with E-state index in [0.29, 0.717) is 18.1 Å². The average molecular weight is 275 g/mol. The van der Waals surface area contributed by atoms with Crippen LogP contribution in [0.4, 0.5) is 0 Å². The molecule has 1 aromatic rings. The molecule has 0 amide bonds. The van der Waals surface area contributed by atoms with Gasteiger partial charge in [-0.05, 0) is 36.6 Å². The lowest BCUT2D eigenvalue weighted by atomic mass is 9.64. The summed E-state index contributed by atoms with van der Waals surface area (Å²) in [4.78, 5) is 0. The van der Waals surface area contributed by atoms with E-state index >= 15 is 0 Å². The molecule has 1 aliphatic rings. The normalized spacial score (nSPS) is 24.5. The van der Waals surface area contributed by atoms with Crippen LogP contribution in [0.1, 0.15) is 58.9 Å². The Morgan fingerprint density at radius 2 is 1.90 bits per heavy atom. The first-order valence-electron chi connectivity index (χ1n) is 7.95. The van der Waals surface area contributed by atoms with E-state index in [2.05, 4.69) is 64.2 Å². The molecule has 1 aromatic carbocycles. The van der Waals surface area contributed by atoms with Crippen LogP contribution in [-0.4, -0.2) is 18.7 Å². The maximum Gasteiger partial charge on any atom is 0.119 e. The highest BCUT2D eigenvalue weighted by Crippen LogP contribution is 2.43. The van der Waals surface area contributed by atoms with Crippen LogP contribution in [0, 0.1) is 5.41 Å². The minimum Gasteiger partial charge on any atom is -0.490 e. The molecule has 0 bridgehead atoms. The molecule has 112 valence electrons. The molecule has 0 radical (unpaired) electrons. The van der Waals surface area contributed by atoms with Gasteiger partial charge in [0.25, 0.3) is 0 Å². The molecular weight excluding hydrogens is 246 g/mol. The quantitative estimate of drug-likeness (QED) is 0.833. The predicted octanol–water partition coefficient (Wildman–Crippen LogP) is 4.36. The van der Waals surface area contributed by atoms with Crippen molar-refractivity contribution in [2.24, 2.45) is 5.41 Å². The third kappa shape index (κ3) is 3.17. The second-order valence-electron chi connectivity index (χ2n) is 6.89. The Labute approximate surface area is 123 Å². The third-order valence-corrected chi connectivity index (χ3v) is 4.64. The monoisotopic (exact) mass is 275 g/mol. The van der Waals surface area contributed by atoms with E-state index in [1.165, 1.54) is 12.0 Å². The van der Waals surface area contributed by atoms with Crippen LogP contribution >= 0.6 is 0 Å². The van der Waals surface area contributed by atoms with Crippen LogP contribution < -0.4 is 10.1 Å². The summed E-state index contributed by atoms with van der Waals surface area (Å²) in [6.45, 7) is 12.4. The second kappa shape index (κ2) is 6.17. The van der Waals surface area contributed by atoms with Crippen molar-refractivity contribution in [3.8, 4) is 5.75 Å². The molecule has 0 heterocycles. The van der Waals surface area contributed by atoms with Crippen LogP contribution in [0.5, 0.6) is 5.75 Å². The maximum atomic E-state index is 6.17. The Morgan fingerprint density at radius 1 is 1.25 bits per heavy atom. The summed E-state index contributed by atoms with van der Waals surface area (Å²) in [7, 11) is 0. The fraction of sp³-hybridized carbons (Fsp3) is 0.667. The van der Waals surface area contributed by atoms with Crippen molar-refractivity contribution in [3.63, 3.8) is 0 Å². The van der Waals surface area contributed by atoms with E-state index in [4.69, 9.17) is 4.74 Å². The fourth-order valence-electron chi connectivity index (χ4n) is 2.85. The zero-order valence-corrected chi connectivity index (χ0v) is 13.6.